The molecule has 0 spiro atoms. The SMILES string of the molecule is C=C1CC2OC2(C(=O)N2CCN(C(=O)C34OC3CC(=C)C4=O)CC2)C1=O. The minimum atomic E-state index is -1.37. The van der Waals surface area contributed by atoms with E-state index < -0.39 is 23.4 Å². The fourth-order valence-electron chi connectivity index (χ4n) is 4.46. The van der Waals surface area contributed by atoms with Gasteiger partial charge in [-0.1, -0.05) is 13.2 Å². The maximum absolute atomic E-state index is 12.8. The predicted octanol–water partition coefficient (Wildman–Crippen LogP) is -1.01. The molecule has 0 bridgehead atoms. The Morgan fingerprint density at radius 1 is 0.808 bits per heavy atom. The van der Waals surface area contributed by atoms with Gasteiger partial charge in [-0.25, -0.2) is 0 Å². The average molecular weight is 358 g/mol. The zero-order chi connectivity index (χ0) is 18.4. The molecular weight excluding hydrogens is 340 g/mol. The second-order valence-corrected chi connectivity index (χ2v) is 7.54. The first kappa shape index (κ1) is 15.9. The summed E-state index contributed by atoms with van der Waals surface area (Å²) in [4.78, 5) is 53.1. The van der Waals surface area contributed by atoms with E-state index in [1.54, 1.807) is 9.80 Å². The van der Waals surface area contributed by atoms with E-state index in [1.165, 1.54) is 0 Å². The Morgan fingerprint density at radius 2 is 1.15 bits per heavy atom. The normalized spacial score (nSPS) is 40.6. The van der Waals surface area contributed by atoms with Crippen LogP contribution in [0.1, 0.15) is 12.8 Å². The molecule has 0 aromatic rings. The zero-order valence-corrected chi connectivity index (χ0v) is 14.2. The number of nitrogens with zero attached hydrogens (tertiary/aromatic N) is 2. The number of rotatable bonds is 2. The van der Waals surface area contributed by atoms with Gasteiger partial charge >= 0.3 is 0 Å². The number of hydrogen-bond donors (Lipinski definition) is 0. The Labute approximate surface area is 149 Å². The molecule has 8 heteroatoms. The van der Waals surface area contributed by atoms with Gasteiger partial charge in [0.1, 0.15) is 12.2 Å². The van der Waals surface area contributed by atoms with Crippen molar-refractivity contribution in [2.24, 2.45) is 0 Å². The third-order valence-electron chi connectivity index (χ3n) is 6.12. The number of piperazine rings is 1. The topological polar surface area (TPSA) is 99.8 Å². The largest absolute Gasteiger partial charge is 0.347 e. The van der Waals surface area contributed by atoms with Crippen molar-refractivity contribution >= 4 is 23.4 Å². The second kappa shape index (κ2) is 4.69. The van der Waals surface area contributed by atoms with Crippen molar-refractivity contribution in [2.75, 3.05) is 26.2 Å². The zero-order valence-electron chi connectivity index (χ0n) is 14.2. The molecule has 2 aliphatic carbocycles. The van der Waals surface area contributed by atoms with Crippen LogP contribution in [0.2, 0.25) is 0 Å². The molecule has 0 aromatic carbocycles. The van der Waals surface area contributed by atoms with Gasteiger partial charge in [-0.3, -0.25) is 19.2 Å². The molecule has 3 aliphatic heterocycles. The Bertz CT molecular complexity index is 758. The quantitative estimate of drug-likeness (QED) is 0.356. The second-order valence-electron chi connectivity index (χ2n) is 7.54. The molecule has 2 saturated carbocycles. The molecule has 3 saturated heterocycles. The Hall–Kier alpha value is -2.32. The lowest BCUT2D eigenvalue weighted by atomic mass is 10.0. The van der Waals surface area contributed by atoms with E-state index in [-0.39, 0.29) is 49.6 Å². The number of ketones is 2. The van der Waals surface area contributed by atoms with Crippen molar-refractivity contribution in [3.63, 3.8) is 0 Å². The van der Waals surface area contributed by atoms with Gasteiger partial charge in [0, 0.05) is 39.0 Å². The summed E-state index contributed by atoms with van der Waals surface area (Å²) in [6.45, 7) is 8.53. The van der Waals surface area contributed by atoms with Crippen LogP contribution in [0, 0.1) is 0 Å². The van der Waals surface area contributed by atoms with Crippen LogP contribution in [0.3, 0.4) is 0 Å². The van der Waals surface area contributed by atoms with Crippen LogP contribution in [0.5, 0.6) is 0 Å². The molecular formula is C18H18N2O6. The van der Waals surface area contributed by atoms with Gasteiger partial charge in [-0.2, -0.15) is 0 Å². The van der Waals surface area contributed by atoms with Gasteiger partial charge in [-0.15, -0.1) is 0 Å². The monoisotopic (exact) mass is 358 g/mol. The summed E-state index contributed by atoms with van der Waals surface area (Å²) in [6.07, 6.45) is 0.0135. The van der Waals surface area contributed by atoms with Gasteiger partial charge in [0.2, 0.25) is 22.8 Å². The summed E-state index contributed by atoms with van der Waals surface area (Å²) in [5.41, 5.74) is -1.88. The molecule has 0 N–H and O–H groups in total. The van der Waals surface area contributed by atoms with Crippen LogP contribution < -0.4 is 0 Å². The van der Waals surface area contributed by atoms with Crippen LogP contribution in [0.4, 0.5) is 0 Å². The van der Waals surface area contributed by atoms with E-state index in [0.29, 0.717) is 24.0 Å². The van der Waals surface area contributed by atoms with Gasteiger partial charge in [0.25, 0.3) is 11.8 Å². The van der Waals surface area contributed by atoms with E-state index in [4.69, 9.17) is 9.47 Å². The van der Waals surface area contributed by atoms with Crippen molar-refractivity contribution in [3.8, 4) is 0 Å². The average Bonchev–Trinajstić information content (AvgIpc) is 3.50. The molecule has 26 heavy (non-hydrogen) atoms. The summed E-state index contributed by atoms with van der Waals surface area (Å²) < 4.78 is 10.8. The number of epoxide rings is 2. The lowest BCUT2D eigenvalue weighted by Crippen LogP contribution is -2.57. The number of hydrogen-bond acceptors (Lipinski definition) is 6. The van der Waals surface area contributed by atoms with E-state index in [0.717, 1.165) is 0 Å². The summed E-state index contributed by atoms with van der Waals surface area (Å²) in [6, 6.07) is 0. The molecule has 3 heterocycles. The standard InChI is InChI=1S/C18H18N2O6/c1-9-7-11-17(25-11,13(9)21)15(23)19-3-5-20(6-4-19)16(24)18-12(26-18)8-10(2)14(18)22/h11-12H,1-8H2. The van der Waals surface area contributed by atoms with Crippen LogP contribution in [-0.2, 0) is 28.7 Å². The summed E-state index contributed by atoms with van der Waals surface area (Å²) in [5, 5.41) is 0. The Kier molecular flexibility index (Phi) is 2.87. The van der Waals surface area contributed by atoms with E-state index in [9.17, 15) is 19.2 Å². The fourth-order valence-corrected chi connectivity index (χ4v) is 4.46. The molecule has 0 aromatic heterocycles. The highest BCUT2D eigenvalue weighted by atomic mass is 16.6. The molecule has 4 unspecified atom stereocenters. The lowest BCUT2D eigenvalue weighted by molar-refractivity contribution is -0.149. The molecule has 2 amide bonds. The molecule has 8 nitrogen and oxygen atoms in total. The first-order chi connectivity index (χ1) is 12.3. The Balaban J connectivity index is 1.25. The summed E-state index contributed by atoms with van der Waals surface area (Å²) in [7, 11) is 0. The summed E-state index contributed by atoms with van der Waals surface area (Å²) >= 11 is 0. The smallest absolute Gasteiger partial charge is 0.265 e. The first-order valence-electron chi connectivity index (χ1n) is 8.72. The van der Waals surface area contributed by atoms with Crippen molar-refractivity contribution < 1.29 is 28.7 Å². The Morgan fingerprint density at radius 3 is 1.42 bits per heavy atom. The molecule has 0 radical (unpaired) electrons. The van der Waals surface area contributed by atoms with Crippen LogP contribution in [0.15, 0.2) is 24.3 Å². The van der Waals surface area contributed by atoms with E-state index in [2.05, 4.69) is 13.2 Å². The van der Waals surface area contributed by atoms with Gasteiger partial charge in [0.05, 0.1) is 0 Å². The van der Waals surface area contributed by atoms with E-state index in [1.807, 2.05) is 0 Å². The number of carbonyl (C=O) groups excluding carboxylic acids is 4. The minimum Gasteiger partial charge on any atom is -0.347 e. The molecule has 5 rings (SSSR count). The highest BCUT2D eigenvalue weighted by Gasteiger charge is 2.74. The van der Waals surface area contributed by atoms with Crippen molar-refractivity contribution in [1.29, 1.82) is 0 Å². The minimum absolute atomic E-state index is 0.290. The van der Waals surface area contributed by atoms with Crippen molar-refractivity contribution in [2.45, 2.75) is 36.3 Å². The number of carbonyl (C=O) groups is 4. The molecule has 5 fully saturated rings. The molecule has 5 aliphatic rings. The van der Waals surface area contributed by atoms with Gasteiger partial charge in [0.15, 0.2) is 0 Å². The number of Topliss-reactive ketones (excluding diaryl/α,β-unsaturated/α-hetero) is 2. The number of fused-ring (bicyclic) bond motifs is 2. The molecule has 4 atom stereocenters. The van der Waals surface area contributed by atoms with Gasteiger partial charge in [-0.05, 0) is 11.1 Å². The van der Waals surface area contributed by atoms with Crippen molar-refractivity contribution in [3.05, 3.63) is 24.3 Å². The first-order valence-corrected chi connectivity index (χ1v) is 8.72. The summed E-state index contributed by atoms with van der Waals surface area (Å²) in [5.74, 6) is -1.34. The van der Waals surface area contributed by atoms with Crippen molar-refractivity contribution in [1.82, 2.24) is 9.80 Å². The molecule has 136 valence electrons. The highest BCUT2D eigenvalue weighted by molar-refractivity contribution is 6.23. The van der Waals surface area contributed by atoms with Crippen LogP contribution >= 0.6 is 0 Å². The van der Waals surface area contributed by atoms with E-state index >= 15 is 0 Å². The predicted molar refractivity (Wildman–Crippen MR) is 85.9 cm³/mol. The maximum atomic E-state index is 12.8. The lowest BCUT2D eigenvalue weighted by Gasteiger charge is -2.36. The fraction of sp³-hybridized carbons (Fsp3) is 0.556. The third-order valence-corrected chi connectivity index (χ3v) is 6.12. The number of ether oxygens (including phenoxy) is 2. The third kappa shape index (κ3) is 1.71. The number of amides is 2. The maximum Gasteiger partial charge on any atom is 0.265 e. The van der Waals surface area contributed by atoms with Crippen LogP contribution in [-0.4, -0.2) is 82.8 Å². The highest BCUT2D eigenvalue weighted by Crippen LogP contribution is 2.51. The van der Waals surface area contributed by atoms with Gasteiger partial charge < -0.3 is 19.3 Å². The van der Waals surface area contributed by atoms with Crippen LogP contribution in [0.25, 0.3) is 0 Å².